The van der Waals surface area contributed by atoms with Crippen molar-refractivity contribution in [3.8, 4) is 0 Å². The Hall–Kier alpha value is -1.93. The van der Waals surface area contributed by atoms with E-state index in [0.29, 0.717) is 10.8 Å². The van der Waals surface area contributed by atoms with E-state index in [4.69, 9.17) is 0 Å². The first-order valence-electron chi connectivity index (χ1n) is 5.51. The van der Waals surface area contributed by atoms with Gasteiger partial charge in [0.1, 0.15) is 5.82 Å². The molecular weight excluding hydrogens is 215 g/mol. The van der Waals surface area contributed by atoms with Crippen LogP contribution in [0.3, 0.4) is 0 Å². The average molecular weight is 226 g/mol. The number of fused-ring (bicyclic) bond motifs is 2. The minimum Gasteiger partial charge on any atom is -0.392 e. The molecule has 0 aliphatic heterocycles. The summed E-state index contributed by atoms with van der Waals surface area (Å²) in [6.07, 6.45) is 0. The van der Waals surface area contributed by atoms with Crippen LogP contribution in [0.25, 0.3) is 21.5 Å². The van der Waals surface area contributed by atoms with Gasteiger partial charge in [-0.25, -0.2) is 4.39 Å². The fourth-order valence-corrected chi connectivity index (χ4v) is 2.34. The Kier molecular flexibility index (Phi) is 2.30. The van der Waals surface area contributed by atoms with E-state index in [9.17, 15) is 9.50 Å². The average Bonchev–Trinajstić information content (AvgIpc) is 2.40. The highest BCUT2D eigenvalue weighted by Crippen LogP contribution is 2.31. The number of aliphatic hydroxyl groups is 1. The van der Waals surface area contributed by atoms with E-state index in [-0.39, 0.29) is 12.4 Å². The van der Waals surface area contributed by atoms with Gasteiger partial charge in [-0.2, -0.15) is 0 Å². The van der Waals surface area contributed by atoms with Gasteiger partial charge < -0.3 is 5.11 Å². The van der Waals surface area contributed by atoms with Crippen molar-refractivity contribution in [2.45, 2.75) is 6.61 Å². The monoisotopic (exact) mass is 226 g/mol. The van der Waals surface area contributed by atoms with Crippen LogP contribution in [0.15, 0.2) is 48.5 Å². The van der Waals surface area contributed by atoms with Gasteiger partial charge in [0.25, 0.3) is 0 Å². The third kappa shape index (κ3) is 1.41. The van der Waals surface area contributed by atoms with Gasteiger partial charge in [-0.15, -0.1) is 0 Å². The van der Waals surface area contributed by atoms with Crippen molar-refractivity contribution in [3.05, 3.63) is 59.9 Å². The van der Waals surface area contributed by atoms with Crippen molar-refractivity contribution in [1.82, 2.24) is 0 Å². The van der Waals surface area contributed by atoms with Crippen molar-refractivity contribution in [1.29, 1.82) is 0 Å². The summed E-state index contributed by atoms with van der Waals surface area (Å²) in [5, 5.41) is 12.2. The molecule has 0 aliphatic rings. The van der Waals surface area contributed by atoms with Gasteiger partial charge in [0.05, 0.1) is 6.61 Å². The molecule has 0 aliphatic carbocycles. The predicted octanol–water partition coefficient (Wildman–Crippen LogP) is 3.62. The standard InChI is InChI=1S/C15H11FO/c16-15-12-7-3-1-5-10(12)14(9-17)11-6-2-4-8-13(11)15/h1-8,17H,9H2. The maximum Gasteiger partial charge on any atom is 0.138 e. The second kappa shape index (κ2) is 3.82. The summed E-state index contributed by atoms with van der Waals surface area (Å²) in [4.78, 5) is 0. The van der Waals surface area contributed by atoms with Gasteiger partial charge in [0.15, 0.2) is 0 Å². The zero-order chi connectivity index (χ0) is 11.8. The van der Waals surface area contributed by atoms with Gasteiger partial charge in [-0.1, -0.05) is 48.5 Å². The molecule has 1 N–H and O–H groups in total. The molecule has 0 saturated carbocycles. The molecule has 2 heteroatoms. The minimum atomic E-state index is -0.214. The highest BCUT2D eigenvalue weighted by atomic mass is 19.1. The number of hydrogen-bond acceptors (Lipinski definition) is 1. The smallest absolute Gasteiger partial charge is 0.138 e. The maximum absolute atomic E-state index is 14.3. The van der Waals surface area contributed by atoms with Crippen molar-refractivity contribution in [2.75, 3.05) is 0 Å². The lowest BCUT2D eigenvalue weighted by Gasteiger charge is -2.10. The highest BCUT2D eigenvalue weighted by molar-refractivity contribution is 6.02. The Morgan fingerprint density at radius 2 is 1.18 bits per heavy atom. The van der Waals surface area contributed by atoms with Crippen LogP contribution < -0.4 is 0 Å². The molecular formula is C15H11FO. The van der Waals surface area contributed by atoms with E-state index in [2.05, 4.69) is 0 Å². The quantitative estimate of drug-likeness (QED) is 0.628. The number of hydrogen-bond donors (Lipinski definition) is 1. The summed E-state index contributed by atoms with van der Waals surface area (Å²) in [6, 6.07) is 14.5. The second-order valence-corrected chi connectivity index (χ2v) is 4.04. The molecule has 84 valence electrons. The Morgan fingerprint density at radius 1 is 0.765 bits per heavy atom. The van der Waals surface area contributed by atoms with E-state index in [0.717, 1.165) is 16.3 Å². The molecule has 3 aromatic rings. The van der Waals surface area contributed by atoms with Gasteiger partial charge in [0, 0.05) is 10.8 Å². The van der Waals surface area contributed by atoms with E-state index in [1.165, 1.54) is 0 Å². The molecule has 0 spiro atoms. The lowest BCUT2D eigenvalue weighted by molar-refractivity contribution is 0.285. The van der Waals surface area contributed by atoms with Crippen molar-refractivity contribution < 1.29 is 9.50 Å². The van der Waals surface area contributed by atoms with Gasteiger partial charge in [0.2, 0.25) is 0 Å². The second-order valence-electron chi connectivity index (χ2n) is 4.04. The summed E-state index contributed by atoms with van der Waals surface area (Å²) >= 11 is 0. The van der Waals surface area contributed by atoms with Crippen LogP contribution in [0.5, 0.6) is 0 Å². The normalized spacial score (nSPS) is 11.2. The molecule has 0 bridgehead atoms. The van der Waals surface area contributed by atoms with Crippen molar-refractivity contribution >= 4 is 21.5 Å². The molecule has 0 fully saturated rings. The molecule has 0 aromatic heterocycles. The van der Waals surface area contributed by atoms with Gasteiger partial charge in [-0.05, 0) is 16.3 Å². The summed E-state index contributed by atoms with van der Waals surface area (Å²) < 4.78 is 14.3. The Bertz CT molecular complexity index is 647. The zero-order valence-electron chi connectivity index (χ0n) is 9.15. The lowest BCUT2D eigenvalue weighted by atomic mass is 9.96. The first kappa shape index (κ1) is 10.2. The molecule has 0 heterocycles. The van der Waals surface area contributed by atoms with E-state index >= 15 is 0 Å². The summed E-state index contributed by atoms with van der Waals surface area (Å²) in [5.74, 6) is -0.214. The molecule has 0 saturated heterocycles. The molecule has 3 rings (SSSR count). The molecule has 0 atom stereocenters. The Morgan fingerprint density at radius 3 is 1.59 bits per heavy atom. The first-order valence-corrected chi connectivity index (χ1v) is 5.51. The van der Waals surface area contributed by atoms with E-state index < -0.39 is 0 Å². The predicted molar refractivity (Wildman–Crippen MR) is 67.3 cm³/mol. The molecule has 17 heavy (non-hydrogen) atoms. The first-order chi connectivity index (χ1) is 8.33. The topological polar surface area (TPSA) is 20.2 Å². The number of aliphatic hydroxyl groups excluding tert-OH is 1. The van der Waals surface area contributed by atoms with Gasteiger partial charge >= 0.3 is 0 Å². The number of benzene rings is 3. The van der Waals surface area contributed by atoms with Crippen LogP contribution >= 0.6 is 0 Å². The van der Waals surface area contributed by atoms with Crippen LogP contribution in [0.2, 0.25) is 0 Å². The van der Waals surface area contributed by atoms with Crippen LogP contribution in [0, 0.1) is 5.82 Å². The lowest BCUT2D eigenvalue weighted by Crippen LogP contribution is -1.92. The van der Waals surface area contributed by atoms with Crippen molar-refractivity contribution in [2.24, 2.45) is 0 Å². The van der Waals surface area contributed by atoms with E-state index in [1.807, 2.05) is 24.3 Å². The number of rotatable bonds is 1. The summed E-state index contributed by atoms with van der Waals surface area (Å²) in [5.41, 5.74) is 0.789. The third-order valence-electron chi connectivity index (χ3n) is 3.14. The largest absolute Gasteiger partial charge is 0.392 e. The molecule has 0 unspecified atom stereocenters. The van der Waals surface area contributed by atoms with E-state index in [1.54, 1.807) is 24.3 Å². The molecule has 3 aromatic carbocycles. The number of halogens is 1. The Labute approximate surface area is 98.1 Å². The zero-order valence-corrected chi connectivity index (χ0v) is 9.15. The van der Waals surface area contributed by atoms with Crippen LogP contribution in [0.4, 0.5) is 4.39 Å². The minimum absolute atomic E-state index is 0.0820. The summed E-state index contributed by atoms with van der Waals surface area (Å²) in [6.45, 7) is -0.0820. The summed E-state index contributed by atoms with van der Waals surface area (Å²) in [7, 11) is 0. The van der Waals surface area contributed by atoms with Crippen LogP contribution in [-0.4, -0.2) is 5.11 Å². The fourth-order valence-electron chi connectivity index (χ4n) is 2.34. The van der Waals surface area contributed by atoms with Gasteiger partial charge in [-0.3, -0.25) is 0 Å². The van der Waals surface area contributed by atoms with Crippen LogP contribution in [0.1, 0.15) is 5.56 Å². The van der Waals surface area contributed by atoms with Crippen LogP contribution in [-0.2, 0) is 6.61 Å². The molecule has 0 radical (unpaired) electrons. The fraction of sp³-hybridized carbons (Fsp3) is 0.0667. The third-order valence-corrected chi connectivity index (χ3v) is 3.14. The Balaban J connectivity index is 2.63. The molecule has 0 amide bonds. The highest BCUT2D eigenvalue weighted by Gasteiger charge is 2.11. The SMILES string of the molecule is OCc1c2ccccc2c(F)c2ccccc12. The maximum atomic E-state index is 14.3. The molecule has 1 nitrogen and oxygen atoms in total. The van der Waals surface area contributed by atoms with Crippen molar-refractivity contribution in [3.63, 3.8) is 0 Å².